The number of Topliss-reactive ketones (excluding diaryl/α,β-unsaturated/α-hetero) is 2. The molecule has 0 amide bonds. The topological polar surface area (TPSA) is 92.2 Å². The number of allylic oxidation sites excluding steroid dienone is 2. The molecule has 0 saturated heterocycles. The molecule has 1 aliphatic heterocycles. The van der Waals surface area contributed by atoms with Gasteiger partial charge in [0.05, 0.1) is 41.0 Å². The summed E-state index contributed by atoms with van der Waals surface area (Å²) in [5.74, 6) is -0.388. The van der Waals surface area contributed by atoms with Crippen LogP contribution in [0.5, 0.6) is 0 Å². The first-order valence-corrected chi connectivity index (χ1v) is 10.2. The van der Waals surface area contributed by atoms with Gasteiger partial charge in [-0.1, -0.05) is 6.07 Å². The number of pyridine rings is 1. The molecule has 7 nitrogen and oxygen atoms in total. The van der Waals surface area contributed by atoms with E-state index in [4.69, 9.17) is 0 Å². The fourth-order valence-corrected chi connectivity index (χ4v) is 4.80. The predicted octanol–water partition coefficient (Wildman–Crippen LogP) is 2.72. The fourth-order valence-electron chi connectivity index (χ4n) is 4.80. The molecule has 4 aromatic rings. The molecule has 150 valence electrons. The molecule has 0 fully saturated rings. The molecule has 0 saturated carbocycles. The van der Waals surface area contributed by atoms with Gasteiger partial charge in [-0.25, -0.2) is 4.98 Å². The number of ketones is 2. The van der Waals surface area contributed by atoms with Crippen molar-refractivity contribution in [2.75, 3.05) is 6.54 Å². The highest BCUT2D eigenvalue weighted by Crippen LogP contribution is 2.40. The van der Waals surface area contributed by atoms with E-state index in [9.17, 15) is 14.9 Å². The smallest absolute Gasteiger partial charge is 0.173 e. The van der Waals surface area contributed by atoms with Crippen molar-refractivity contribution in [2.45, 2.75) is 19.5 Å². The second-order valence-electron chi connectivity index (χ2n) is 7.90. The molecule has 0 unspecified atom stereocenters. The van der Waals surface area contributed by atoms with Crippen molar-refractivity contribution in [3.63, 3.8) is 0 Å². The standard InChI is InChI=1S/C24H17N5O2/c25-10-14-7-15-11-26-4-6-28-13-17(16(8-14)24(15)28)22-19(30)9-20(31)23(22)18-12-27-21-3-1-2-5-29(18)21/h1-3,5,7-8,12-13,26H,4,6,9,11H2. The molecule has 4 heterocycles. The molecular formula is C24H17N5O2. The molecule has 1 aliphatic carbocycles. The maximum Gasteiger partial charge on any atom is 0.173 e. The zero-order chi connectivity index (χ0) is 21.1. The Balaban J connectivity index is 1.70. The molecule has 0 atom stereocenters. The number of rotatable bonds is 2. The second kappa shape index (κ2) is 6.49. The minimum atomic E-state index is -0.197. The molecule has 1 aromatic carbocycles. The van der Waals surface area contributed by atoms with Gasteiger partial charge in [0.2, 0.25) is 0 Å². The Bertz CT molecular complexity index is 1510. The molecule has 0 spiro atoms. The van der Waals surface area contributed by atoms with Gasteiger partial charge in [0.15, 0.2) is 11.6 Å². The molecule has 6 rings (SSSR count). The third-order valence-corrected chi connectivity index (χ3v) is 6.10. The van der Waals surface area contributed by atoms with Crippen molar-refractivity contribution < 1.29 is 9.59 Å². The van der Waals surface area contributed by atoms with Gasteiger partial charge in [0.25, 0.3) is 0 Å². The average molecular weight is 407 g/mol. The van der Waals surface area contributed by atoms with Crippen LogP contribution < -0.4 is 5.32 Å². The van der Waals surface area contributed by atoms with Crippen LogP contribution in [0.1, 0.15) is 28.8 Å². The zero-order valence-electron chi connectivity index (χ0n) is 16.6. The number of fused-ring (bicyclic) bond motifs is 1. The van der Waals surface area contributed by atoms with E-state index in [0.29, 0.717) is 40.2 Å². The molecule has 7 heteroatoms. The Kier molecular flexibility index (Phi) is 3.73. The Morgan fingerprint density at radius 1 is 1.13 bits per heavy atom. The van der Waals surface area contributed by atoms with Crippen molar-refractivity contribution in [2.24, 2.45) is 0 Å². The van der Waals surface area contributed by atoms with Gasteiger partial charge < -0.3 is 9.88 Å². The first kappa shape index (κ1) is 17.8. The fraction of sp³-hybridized carbons (Fsp3) is 0.167. The summed E-state index contributed by atoms with van der Waals surface area (Å²) in [6.45, 7) is 2.18. The Morgan fingerprint density at radius 3 is 2.87 bits per heavy atom. The SMILES string of the molecule is N#Cc1cc2c3c(c1)c(C1=C(c4cnc5ccccn45)C(=O)CC1=O)cn3CCNC2. The molecule has 2 aliphatic rings. The number of hydrogen-bond acceptors (Lipinski definition) is 5. The number of aromatic nitrogens is 3. The van der Waals surface area contributed by atoms with Gasteiger partial charge in [-0.15, -0.1) is 0 Å². The lowest BCUT2D eigenvalue weighted by Gasteiger charge is -2.07. The Labute approximate surface area is 177 Å². The first-order chi connectivity index (χ1) is 15.2. The van der Waals surface area contributed by atoms with Gasteiger partial charge in [-0.2, -0.15) is 5.26 Å². The number of nitriles is 1. The maximum absolute atomic E-state index is 13.1. The van der Waals surface area contributed by atoms with E-state index >= 15 is 0 Å². The number of nitrogens with zero attached hydrogens (tertiary/aromatic N) is 4. The van der Waals surface area contributed by atoms with Crippen LogP contribution in [0.3, 0.4) is 0 Å². The van der Waals surface area contributed by atoms with Gasteiger partial charge in [-0.3, -0.25) is 14.0 Å². The number of benzene rings is 1. The lowest BCUT2D eigenvalue weighted by molar-refractivity contribution is -0.119. The van der Waals surface area contributed by atoms with Gasteiger partial charge in [0.1, 0.15) is 5.65 Å². The minimum Gasteiger partial charge on any atom is -0.345 e. The summed E-state index contributed by atoms with van der Waals surface area (Å²) >= 11 is 0. The lowest BCUT2D eigenvalue weighted by Crippen LogP contribution is -2.15. The van der Waals surface area contributed by atoms with Crippen molar-refractivity contribution in [3.05, 3.63) is 71.3 Å². The Hall–Kier alpha value is -4.02. The van der Waals surface area contributed by atoms with Crippen LogP contribution in [-0.2, 0) is 22.7 Å². The predicted molar refractivity (Wildman–Crippen MR) is 115 cm³/mol. The average Bonchev–Trinajstić information content (AvgIpc) is 3.38. The summed E-state index contributed by atoms with van der Waals surface area (Å²) in [5, 5.41) is 13.8. The van der Waals surface area contributed by atoms with Gasteiger partial charge >= 0.3 is 0 Å². The highest BCUT2D eigenvalue weighted by Gasteiger charge is 2.36. The normalized spacial score (nSPS) is 16.4. The van der Waals surface area contributed by atoms with Crippen molar-refractivity contribution in [3.8, 4) is 6.07 Å². The summed E-state index contributed by atoms with van der Waals surface area (Å²) in [7, 11) is 0. The van der Waals surface area contributed by atoms with Crippen LogP contribution in [-0.4, -0.2) is 32.1 Å². The third-order valence-electron chi connectivity index (χ3n) is 6.10. The van der Waals surface area contributed by atoms with E-state index in [1.807, 2.05) is 47.1 Å². The second-order valence-corrected chi connectivity index (χ2v) is 7.90. The van der Waals surface area contributed by atoms with Crippen LogP contribution in [0.25, 0.3) is 27.7 Å². The number of imidazole rings is 1. The number of carbonyl (C=O) groups is 2. The minimum absolute atomic E-state index is 0.149. The van der Waals surface area contributed by atoms with E-state index in [1.165, 1.54) is 0 Å². The van der Waals surface area contributed by atoms with Crippen molar-refractivity contribution in [1.29, 1.82) is 5.26 Å². The van der Waals surface area contributed by atoms with Crippen LogP contribution in [0.2, 0.25) is 0 Å². The third kappa shape index (κ3) is 2.52. The van der Waals surface area contributed by atoms with Crippen LogP contribution in [0.15, 0.2) is 48.9 Å². The van der Waals surface area contributed by atoms with E-state index in [2.05, 4.69) is 20.9 Å². The Morgan fingerprint density at radius 2 is 2.00 bits per heavy atom. The highest BCUT2D eigenvalue weighted by atomic mass is 16.2. The molecule has 0 bridgehead atoms. The van der Waals surface area contributed by atoms with E-state index < -0.39 is 0 Å². The van der Waals surface area contributed by atoms with E-state index in [1.54, 1.807) is 6.20 Å². The quantitative estimate of drug-likeness (QED) is 0.516. The number of nitrogens with one attached hydrogen (secondary N) is 1. The molecule has 3 aromatic heterocycles. The molecular weight excluding hydrogens is 390 g/mol. The van der Waals surface area contributed by atoms with E-state index in [-0.39, 0.29) is 18.0 Å². The highest BCUT2D eigenvalue weighted by molar-refractivity contribution is 6.51. The van der Waals surface area contributed by atoms with Gasteiger partial charge in [0, 0.05) is 48.6 Å². The van der Waals surface area contributed by atoms with Crippen LogP contribution in [0, 0.1) is 11.3 Å². The summed E-state index contributed by atoms with van der Waals surface area (Å²) in [6, 6.07) is 11.6. The first-order valence-electron chi connectivity index (χ1n) is 10.2. The zero-order valence-corrected chi connectivity index (χ0v) is 16.6. The number of carbonyl (C=O) groups excluding carboxylic acids is 2. The molecule has 1 N–H and O–H groups in total. The van der Waals surface area contributed by atoms with Gasteiger partial charge in [-0.05, 0) is 29.8 Å². The summed E-state index contributed by atoms with van der Waals surface area (Å²) in [6.07, 6.45) is 5.30. The van der Waals surface area contributed by atoms with Crippen LogP contribution in [0.4, 0.5) is 0 Å². The molecule has 31 heavy (non-hydrogen) atoms. The monoisotopic (exact) mass is 407 g/mol. The van der Waals surface area contributed by atoms with Crippen LogP contribution >= 0.6 is 0 Å². The largest absolute Gasteiger partial charge is 0.345 e. The summed E-state index contributed by atoms with van der Waals surface area (Å²) < 4.78 is 3.96. The van der Waals surface area contributed by atoms with Crippen molar-refractivity contribution in [1.82, 2.24) is 19.3 Å². The lowest BCUT2D eigenvalue weighted by atomic mass is 9.96. The summed E-state index contributed by atoms with van der Waals surface area (Å²) in [5.41, 5.74) is 5.45. The van der Waals surface area contributed by atoms with Crippen molar-refractivity contribution >= 4 is 39.3 Å². The maximum atomic E-state index is 13.1. The summed E-state index contributed by atoms with van der Waals surface area (Å²) in [4.78, 5) is 30.5. The van der Waals surface area contributed by atoms with E-state index in [0.717, 1.165) is 29.6 Å². The molecule has 0 radical (unpaired) electrons. The number of hydrogen-bond donors (Lipinski definition) is 1.